The van der Waals surface area contributed by atoms with Crippen LogP contribution in [0.3, 0.4) is 0 Å². The number of aromatic amines is 1. The fourth-order valence-electron chi connectivity index (χ4n) is 3.94. The largest absolute Gasteiger partial charge is 0.299 e. The average molecular weight is 340 g/mol. The summed E-state index contributed by atoms with van der Waals surface area (Å²) in [7, 11) is -3.10. The lowest BCUT2D eigenvalue weighted by atomic mass is 9.85. The highest BCUT2D eigenvalue weighted by Crippen LogP contribution is 2.33. The first-order valence-electron chi connectivity index (χ1n) is 8.73. The highest BCUT2D eigenvalue weighted by molar-refractivity contribution is 7.88. The third-order valence-electron chi connectivity index (χ3n) is 5.13. The number of sulfonamides is 1. The number of H-pyrrole nitrogens is 1. The van der Waals surface area contributed by atoms with Crippen LogP contribution in [0.2, 0.25) is 0 Å². The normalized spacial score (nSPS) is 22.5. The van der Waals surface area contributed by atoms with Gasteiger partial charge in [0.2, 0.25) is 10.0 Å². The third kappa shape index (κ3) is 4.78. The number of nitrogens with one attached hydrogen (secondary N) is 2. The Bertz CT molecular complexity index is 599. The van der Waals surface area contributed by atoms with Crippen LogP contribution in [0.4, 0.5) is 0 Å². The van der Waals surface area contributed by atoms with Gasteiger partial charge in [0.15, 0.2) is 0 Å². The van der Waals surface area contributed by atoms with E-state index in [1.54, 1.807) is 0 Å². The van der Waals surface area contributed by atoms with Gasteiger partial charge in [0, 0.05) is 42.9 Å². The molecule has 7 heteroatoms. The Labute approximate surface area is 139 Å². The van der Waals surface area contributed by atoms with Gasteiger partial charge in [0.25, 0.3) is 0 Å². The summed E-state index contributed by atoms with van der Waals surface area (Å²) in [5.74, 6) is 0.644. The standard InChI is InChI=1S/C16H28N4O2S/c1-23(21,22)19-15-7-9-20(10-8-15)12-14-11-17-18-16(14)13-5-3-2-4-6-13/h11,13,15,19H,2-10,12H2,1H3,(H,17,18). The van der Waals surface area contributed by atoms with Crippen LogP contribution in [0.1, 0.15) is 62.1 Å². The molecule has 6 nitrogen and oxygen atoms in total. The summed E-state index contributed by atoms with van der Waals surface area (Å²) in [6, 6.07) is 0.0865. The molecule has 2 heterocycles. The highest BCUT2D eigenvalue weighted by atomic mass is 32.2. The van der Waals surface area contributed by atoms with E-state index >= 15 is 0 Å². The number of nitrogens with zero attached hydrogens (tertiary/aromatic N) is 2. The Balaban J connectivity index is 1.54. The summed E-state index contributed by atoms with van der Waals surface area (Å²) in [6.45, 7) is 2.79. The third-order valence-corrected chi connectivity index (χ3v) is 5.89. The van der Waals surface area contributed by atoms with Gasteiger partial charge in [-0.15, -0.1) is 0 Å². The lowest BCUT2D eigenvalue weighted by Crippen LogP contribution is -2.44. The van der Waals surface area contributed by atoms with E-state index in [2.05, 4.69) is 19.8 Å². The van der Waals surface area contributed by atoms with Crippen LogP contribution in [-0.4, -0.2) is 48.9 Å². The average Bonchev–Trinajstić information content (AvgIpc) is 2.97. The molecule has 0 aromatic carbocycles. The van der Waals surface area contributed by atoms with Crippen LogP contribution < -0.4 is 4.72 Å². The Kier molecular flexibility index (Phi) is 5.38. The maximum Gasteiger partial charge on any atom is 0.208 e. The molecular formula is C16H28N4O2S. The first kappa shape index (κ1) is 16.9. The molecule has 1 aliphatic carbocycles. The van der Waals surface area contributed by atoms with Crippen LogP contribution in [0.15, 0.2) is 6.20 Å². The molecule has 0 atom stereocenters. The number of aromatic nitrogens is 2. The summed E-state index contributed by atoms with van der Waals surface area (Å²) >= 11 is 0. The summed E-state index contributed by atoms with van der Waals surface area (Å²) in [5, 5.41) is 7.52. The molecule has 2 fully saturated rings. The molecule has 0 bridgehead atoms. The van der Waals surface area contributed by atoms with Gasteiger partial charge >= 0.3 is 0 Å². The van der Waals surface area contributed by atoms with E-state index in [-0.39, 0.29) is 6.04 Å². The molecule has 1 aliphatic heterocycles. The van der Waals surface area contributed by atoms with E-state index in [1.807, 2.05) is 6.20 Å². The van der Waals surface area contributed by atoms with Crippen molar-refractivity contribution >= 4 is 10.0 Å². The van der Waals surface area contributed by atoms with Gasteiger partial charge in [0.05, 0.1) is 12.5 Å². The number of piperidine rings is 1. The minimum absolute atomic E-state index is 0.0865. The Morgan fingerprint density at radius 1 is 1.22 bits per heavy atom. The summed E-state index contributed by atoms with van der Waals surface area (Å²) < 4.78 is 25.4. The van der Waals surface area contributed by atoms with E-state index in [0.717, 1.165) is 32.5 Å². The van der Waals surface area contributed by atoms with E-state index < -0.39 is 10.0 Å². The molecule has 0 unspecified atom stereocenters. The number of hydrogen-bond donors (Lipinski definition) is 2. The fourth-order valence-corrected chi connectivity index (χ4v) is 4.79. The molecule has 3 rings (SSSR count). The number of hydrogen-bond acceptors (Lipinski definition) is 4. The molecule has 130 valence electrons. The number of likely N-dealkylation sites (tertiary alicyclic amines) is 1. The maximum absolute atomic E-state index is 11.3. The lowest BCUT2D eigenvalue weighted by Gasteiger charge is -2.32. The zero-order valence-electron chi connectivity index (χ0n) is 13.9. The first-order valence-corrected chi connectivity index (χ1v) is 10.6. The van der Waals surface area contributed by atoms with Crippen molar-refractivity contribution in [3.05, 3.63) is 17.5 Å². The Morgan fingerprint density at radius 3 is 2.57 bits per heavy atom. The van der Waals surface area contributed by atoms with Gasteiger partial charge in [-0.25, -0.2) is 13.1 Å². The summed E-state index contributed by atoms with van der Waals surface area (Å²) in [4.78, 5) is 2.41. The lowest BCUT2D eigenvalue weighted by molar-refractivity contribution is 0.199. The molecule has 2 aliphatic rings. The Hall–Kier alpha value is -0.920. The van der Waals surface area contributed by atoms with Crippen molar-refractivity contribution in [2.24, 2.45) is 0 Å². The summed E-state index contributed by atoms with van der Waals surface area (Å²) in [5.41, 5.74) is 2.66. The Morgan fingerprint density at radius 2 is 1.91 bits per heavy atom. The molecule has 0 spiro atoms. The quantitative estimate of drug-likeness (QED) is 0.859. The van der Waals surface area contributed by atoms with Gasteiger partial charge in [-0.05, 0) is 25.7 Å². The predicted molar refractivity (Wildman–Crippen MR) is 90.7 cm³/mol. The van der Waals surface area contributed by atoms with Crippen LogP contribution in [0, 0.1) is 0 Å². The smallest absolute Gasteiger partial charge is 0.208 e. The molecule has 1 aromatic rings. The predicted octanol–water partition coefficient (Wildman–Crippen LogP) is 1.97. The van der Waals surface area contributed by atoms with Gasteiger partial charge < -0.3 is 0 Å². The van der Waals surface area contributed by atoms with Crippen molar-refractivity contribution in [1.29, 1.82) is 0 Å². The first-order chi connectivity index (χ1) is 11.0. The zero-order valence-corrected chi connectivity index (χ0v) is 14.7. The van der Waals surface area contributed by atoms with E-state index in [4.69, 9.17) is 0 Å². The van der Waals surface area contributed by atoms with E-state index in [9.17, 15) is 8.42 Å². The van der Waals surface area contributed by atoms with Gasteiger partial charge in [-0.3, -0.25) is 10.00 Å². The molecule has 1 saturated heterocycles. The zero-order chi connectivity index (χ0) is 16.3. The second-order valence-electron chi connectivity index (χ2n) is 7.08. The second-order valence-corrected chi connectivity index (χ2v) is 8.86. The number of rotatable bonds is 5. The molecule has 0 radical (unpaired) electrons. The minimum atomic E-state index is -3.10. The van der Waals surface area contributed by atoms with Crippen molar-refractivity contribution in [3.8, 4) is 0 Å². The van der Waals surface area contributed by atoms with Gasteiger partial charge in [-0.2, -0.15) is 5.10 Å². The van der Waals surface area contributed by atoms with Crippen LogP contribution in [-0.2, 0) is 16.6 Å². The summed E-state index contributed by atoms with van der Waals surface area (Å²) in [6.07, 6.45) is 11.5. The van der Waals surface area contributed by atoms with Crippen molar-refractivity contribution < 1.29 is 8.42 Å². The van der Waals surface area contributed by atoms with Crippen molar-refractivity contribution in [2.45, 2.75) is 63.5 Å². The molecule has 1 aromatic heterocycles. The monoisotopic (exact) mass is 340 g/mol. The van der Waals surface area contributed by atoms with E-state index in [1.165, 1.54) is 49.6 Å². The van der Waals surface area contributed by atoms with Crippen LogP contribution in [0.25, 0.3) is 0 Å². The van der Waals surface area contributed by atoms with Gasteiger partial charge in [-0.1, -0.05) is 19.3 Å². The van der Waals surface area contributed by atoms with Crippen molar-refractivity contribution in [1.82, 2.24) is 19.8 Å². The fraction of sp³-hybridized carbons (Fsp3) is 0.812. The van der Waals surface area contributed by atoms with Crippen molar-refractivity contribution in [2.75, 3.05) is 19.3 Å². The molecule has 1 saturated carbocycles. The second kappa shape index (κ2) is 7.32. The SMILES string of the molecule is CS(=O)(=O)NC1CCN(Cc2cn[nH]c2C2CCCCC2)CC1. The minimum Gasteiger partial charge on any atom is -0.299 e. The van der Waals surface area contributed by atoms with Crippen molar-refractivity contribution in [3.63, 3.8) is 0 Å². The van der Waals surface area contributed by atoms with E-state index in [0.29, 0.717) is 5.92 Å². The molecule has 2 N–H and O–H groups in total. The highest BCUT2D eigenvalue weighted by Gasteiger charge is 2.24. The van der Waals surface area contributed by atoms with Gasteiger partial charge in [0.1, 0.15) is 0 Å². The van der Waals surface area contributed by atoms with Crippen LogP contribution >= 0.6 is 0 Å². The topological polar surface area (TPSA) is 78.1 Å². The van der Waals surface area contributed by atoms with Crippen LogP contribution in [0.5, 0.6) is 0 Å². The molecule has 23 heavy (non-hydrogen) atoms. The molecular weight excluding hydrogens is 312 g/mol. The maximum atomic E-state index is 11.3. The molecule has 0 amide bonds.